The molecule has 0 spiro atoms. The van der Waals surface area contributed by atoms with Gasteiger partial charge in [0, 0.05) is 46.3 Å². The maximum atomic E-state index is 12.6. The normalized spacial score (nSPS) is 19.9. The molecule has 0 aliphatic carbocycles. The highest BCUT2D eigenvalue weighted by Gasteiger charge is 2.31. The van der Waals surface area contributed by atoms with E-state index in [0.717, 1.165) is 25.2 Å². The Kier molecular flexibility index (Phi) is 9.65. The number of amides is 2. The minimum absolute atomic E-state index is 0. The quantitative estimate of drug-likeness (QED) is 0.347. The molecule has 180 valence electrons. The van der Waals surface area contributed by atoms with Crippen molar-refractivity contribution >= 4 is 41.9 Å². The fourth-order valence-corrected chi connectivity index (χ4v) is 3.99. The summed E-state index contributed by atoms with van der Waals surface area (Å²) in [5, 5.41) is 3.43. The Balaban J connectivity index is 0.00000363. The fraction of sp³-hybridized carbons (Fsp3) is 0.682. The Bertz CT molecular complexity index is 770. The number of guanidine groups is 1. The second-order valence-electron chi connectivity index (χ2n) is 9.01. The Morgan fingerprint density at radius 1 is 1.16 bits per heavy atom. The second kappa shape index (κ2) is 11.8. The number of furan rings is 1. The number of halogens is 1. The lowest BCUT2D eigenvalue weighted by Crippen LogP contribution is -2.56. The molecule has 0 bridgehead atoms. The van der Waals surface area contributed by atoms with Gasteiger partial charge in [-0.2, -0.15) is 0 Å². The van der Waals surface area contributed by atoms with E-state index in [1.165, 1.54) is 6.26 Å². The van der Waals surface area contributed by atoms with E-state index in [2.05, 4.69) is 15.2 Å². The average Bonchev–Trinajstić information content (AvgIpc) is 3.28. The molecule has 1 N–H and O–H groups in total. The summed E-state index contributed by atoms with van der Waals surface area (Å²) in [4.78, 5) is 35.3. The van der Waals surface area contributed by atoms with Gasteiger partial charge in [-0.15, -0.1) is 24.0 Å². The maximum Gasteiger partial charge on any atom is 0.410 e. The molecule has 3 rings (SSSR count). The van der Waals surface area contributed by atoms with Crippen LogP contribution in [0.15, 0.2) is 27.8 Å². The van der Waals surface area contributed by atoms with Crippen LogP contribution in [0, 0.1) is 0 Å². The van der Waals surface area contributed by atoms with E-state index in [1.54, 1.807) is 24.1 Å². The molecule has 2 aliphatic heterocycles. The molecule has 32 heavy (non-hydrogen) atoms. The fourth-order valence-electron chi connectivity index (χ4n) is 3.99. The molecule has 1 atom stereocenters. The van der Waals surface area contributed by atoms with Crippen LogP contribution in [0.3, 0.4) is 0 Å². The summed E-state index contributed by atoms with van der Waals surface area (Å²) in [5.74, 6) is 1.08. The zero-order valence-electron chi connectivity index (χ0n) is 19.5. The number of hydrogen-bond acceptors (Lipinski definition) is 5. The number of ether oxygens (including phenoxy) is 1. The van der Waals surface area contributed by atoms with Crippen molar-refractivity contribution in [1.29, 1.82) is 0 Å². The number of likely N-dealkylation sites (tertiary alicyclic amines) is 1. The number of piperidine rings is 1. The van der Waals surface area contributed by atoms with Crippen LogP contribution < -0.4 is 5.32 Å². The van der Waals surface area contributed by atoms with Crippen LogP contribution in [-0.4, -0.2) is 90.6 Å². The van der Waals surface area contributed by atoms with Gasteiger partial charge in [0.1, 0.15) is 5.60 Å². The molecule has 9 nitrogen and oxygen atoms in total. The summed E-state index contributed by atoms with van der Waals surface area (Å²) in [6, 6.07) is 3.49. The van der Waals surface area contributed by atoms with Crippen LogP contribution in [-0.2, 0) is 4.74 Å². The van der Waals surface area contributed by atoms with Crippen molar-refractivity contribution in [2.45, 2.75) is 51.7 Å². The summed E-state index contributed by atoms with van der Waals surface area (Å²) in [6.07, 6.45) is 4.29. The Labute approximate surface area is 207 Å². The smallest absolute Gasteiger partial charge is 0.410 e. The van der Waals surface area contributed by atoms with Gasteiger partial charge in [-0.1, -0.05) is 0 Å². The third-order valence-electron chi connectivity index (χ3n) is 5.56. The van der Waals surface area contributed by atoms with Crippen molar-refractivity contribution < 1.29 is 18.7 Å². The first-order valence-electron chi connectivity index (χ1n) is 11.1. The number of piperazine rings is 1. The number of carbonyl (C=O) groups excluding carboxylic acids is 2. The van der Waals surface area contributed by atoms with Gasteiger partial charge in [0.15, 0.2) is 11.7 Å². The number of nitrogens with zero attached hydrogens (tertiary/aromatic N) is 4. The molecule has 2 amide bonds. The molecule has 3 heterocycles. The monoisotopic (exact) mass is 561 g/mol. The second-order valence-corrected chi connectivity index (χ2v) is 9.01. The van der Waals surface area contributed by atoms with Gasteiger partial charge in [0.25, 0.3) is 5.91 Å². The highest BCUT2D eigenvalue weighted by molar-refractivity contribution is 14.0. The van der Waals surface area contributed by atoms with Crippen molar-refractivity contribution in [2.24, 2.45) is 4.99 Å². The van der Waals surface area contributed by atoms with Crippen LogP contribution in [0.4, 0.5) is 4.79 Å². The van der Waals surface area contributed by atoms with E-state index in [9.17, 15) is 9.59 Å². The summed E-state index contributed by atoms with van der Waals surface area (Å²) in [5.41, 5.74) is -0.505. The molecule has 1 aromatic heterocycles. The van der Waals surface area contributed by atoms with Crippen LogP contribution >= 0.6 is 24.0 Å². The summed E-state index contributed by atoms with van der Waals surface area (Å²) in [7, 11) is 1.76. The molecule has 2 fully saturated rings. The number of nitrogens with one attached hydrogen (secondary N) is 1. The molecule has 0 radical (unpaired) electrons. The molecule has 0 saturated carbocycles. The van der Waals surface area contributed by atoms with Gasteiger partial charge in [0.05, 0.1) is 12.3 Å². The van der Waals surface area contributed by atoms with Gasteiger partial charge in [-0.25, -0.2) is 4.79 Å². The molecule has 0 aromatic carbocycles. The Morgan fingerprint density at radius 3 is 2.44 bits per heavy atom. The van der Waals surface area contributed by atoms with Crippen LogP contribution in [0.25, 0.3) is 0 Å². The molecule has 1 unspecified atom stereocenters. The van der Waals surface area contributed by atoms with Crippen LogP contribution in [0.2, 0.25) is 0 Å². The van der Waals surface area contributed by atoms with Gasteiger partial charge in [-0.05, 0) is 52.2 Å². The number of aliphatic imine (C=N–C) groups is 1. The summed E-state index contributed by atoms with van der Waals surface area (Å²) >= 11 is 0. The standard InChI is InChI=1S/C22H35N5O4.HI/c1-22(2,3)31-21(29)27-10-6-5-8-17(27)16-24-20(23-4)26-13-11-25(12-14-26)19(28)18-9-7-15-30-18;/h7,9,15,17H,5-6,8,10-14,16H2,1-4H3,(H,23,24);1H. The first-order valence-corrected chi connectivity index (χ1v) is 11.1. The molecular formula is C22H36IN5O4. The summed E-state index contributed by atoms with van der Waals surface area (Å²) in [6.45, 7) is 9.59. The van der Waals surface area contributed by atoms with E-state index in [1.807, 2.05) is 25.7 Å². The minimum Gasteiger partial charge on any atom is -0.459 e. The SMILES string of the molecule is CN=C(NCC1CCCCN1C(=O)OC(C)(C)C)N1CCN(C(=O)c2ccco2)CC1.I. The topological polar surface area (TPSA) is 90.6 Å². The number of rotatable bonds is 3. The van der Waals surface area contributed by atoms with Crippen molar-refractivity contribution in [3.05, 3.63) is 24.2 Å². The first kappa shape index (κ1) is 26.3. The van der Waals surface area contributed by atoms with Crippen molar-refractivity contribution in [2.75, 3.05) is 46.3 Å². The predicted molar refractivity (Wildman–Crippen MR) is 134 cm³/mol. The van der Waals surface area contributed by atoms with E-state index in [4.69, 9.17) is 9.15 Å². The first-order chi connectivity index (χ1) is 14.8. The number of carbonyl (C=O) groups is 2. The highest BCUT2D eigenvalue weighted by atomic mass is 127. The van der Waals surface area contributed by atoms with Gasteiger partial charge < -0.3 is 29.2 Å². The summed E-state index contributed by atoms with van der Waals surface area (Å²) < 4.78 is 10.8. The van der Waals surface area contributed by atoms with E-state index in [0.29, 0.717) is 45.0 Å². The predicted octanol–water partition coefficient (Wildman–Crippen LogP) is 3.02. The number of hydrogen-bond donors (Lipinski definition) is 1. The van der Waals surface area contributed by atoms with E-state index >= 15 is 0 Å². The average molecular weight is 561 g/mol. The minimum atomic E-state index is -0.505. The molecule has 10 heteroatoms. The van der Waals surface area contributed by atoms with Crippen LogP contribution in [0.1, 0.15) is 50.6 Å². The van der Waals surface area contributed by atoms with Gasteiger partial charge >= 0.3 is 6.09 Å². The lowest BCUT2D eigenvalue weighted by molar-refractivity contribution is 0.0103. The van der Waals surface area contributed by atoms with Crippen molar-refractivity contribution in [3.63, 3.8) is 0 Å². The maximum absolute atomic E-state index is 12.6. The zero-order chi connectivity index (χ0) is 22.4. The van der Waals surface area contributed by atoms with Gasteiger partial charge in [0.2, 0.25) is 0 Å². The Morgan fingerprint density at radius 2 is 1.84 bits per heavy atom. The molecule has 1 aromatic rings. The van der Waals surface area contributed by atoms with E-state index in [-0.39, 0.29) is 42.0 Å². The largest absolute Gasteiger partial charge is 0.459 e. The molecule has 2 aliphatic rings. The van der Waals surface area contributed by atoms with Crippen LogP contribution in [0.5, 0.6) is 0 Å². The van der Waals surface area contributed by atoms with E-state index < -0.39 is 5.60 Å². The third-order valence-corrected chi connectivity index (χ3v) is 5.56. The Hall–Kier alpha value is -1.98. The molecule has 2 saturated heterocycles. The molecular weight excluding hydrogens is 525 g/mol. The third kappa shape index (κ3) is 7.01. The zero-order valence-corrected chi connectivity index (χ0v) is 21.8. The van der Waals surface area contributed by atoms with Crippen molar-refractivity contribution in [1.82, 2.24) is 20.0 Å². The lowest BCUT2D eigenvalue weighted by atomic mass is 10.0. The van der Waals surface area contributed by atoms with Gasteiger partial charge in [-0.3, -0.25) is 9.79 Å². The van der Waals surface area contributed by atoms with Crippen molar-refractivity contribution in [3.8, 4) is 0 Å². The lowest BCUT2D eigenvalue weighted by Gasteiger charge is -2.39. The highest BCUT2D eigenvalue weighted by Crippen LogP contribution is 2.20.